The van der Waals surface area contributed by atoms with Crippen LogP contribution in [0.25, 0.3) is 0 Å². The Morgan fingerprint density at radius 2 is 1.88 bits per heavy atom. The largest absolute Gasteiger partial charge is 0.395 e. The van der Waals surface area contributed by atoms with E-state index in [0.29, 0.717) is 18.7 Å². The molecule has 0 saturated carbocycles. The molecule has 88 valence electrons. The number of amides is 1. The summed E-state index contributed by atoms with van der Waals surface area (Å²) in [4.78, 5) is 11.6. The highest BCUT2D eigenvalue weighted by Gasteiger charge is 2.01. The molecule has 4 heteroatoms. The fraction of sp³-hybridized carbons (Fsp3) is 0.417. The molecule has 0 aliphatic rings. The summed E-state index contributed by atoms with van der Waals surface area (Å²) in [6, 6.07) is 9.16. The van der Waals surface area contributed by atoms with E-state index < -0.39 is 0 Å². The van der Waals surface area contributed by atoms with Gasteiger partial charge in [-0.25, -0.2) is 0 Å². The lowest BCUT2D eigenvalue weighted by atomic mass is 10.2. The Balaban J connectivity index is 2.12. The van der Waals surface area contributed by atoms with Crippen LogP contribution >= 0.6 is 0 Å². The molecule has 0 spiro atoms. The van der Waals surface area contributed by atoms with Crippen LogP contribution in [0.1, 0.15) is 16.8 Å². The molecule has 3 N–H and O–H groups in total. The lowest BCUT2D eigenvalue weighted by molar-refractivity contribution is 0.0953. The number of carbonyl (C=O) groups is 1. The number of aliphatic hydroxyl groups excluding tert-OH is 1. The van der Waals surface area contributed by atoms with Crippen LogP contribution in [-0.2, 0) is 0 Å². The highest BCUT2D eigenvalue weighted by Crippen LogP contribution is 1.97. The van der Waals surface area contributed by atoms with Gasteiger partial charge in [0.2, 0.25) is 0 Å². The molecular formula is C12H18N2O2. The Kier molecular flexibility index (Phi) is 6.22. The van der Waals surface area contributed by atoms with Crippen molar-refractivity contribution in [2.45, 2.75) is 6.42 Å². The molecule has 1 rings (SSSR count). The topological polar surface area (TPSA) is 61.4 Å². The smallest absolute Gasteiger partial charge is 0.251 e. The first-order valence-electron chi connectivity index (χ1n) is 5.49. The number of aliphatic hydroxyl groups is 1. The summed E-state index contributed by atoms with van der Waals surface area (Å²) in [7, 11) is 0. The number of carbonyl (C=O) groups excluding carboxylic acids is 1. The lowest BCUT2D eigenvalue weighted by Crippen LogP contribution is -2.28. The Bertz CT molecular complexity index is 301. The lowest BCUT2D eigenvalue weighted by Gasteiger charge is -2.05. The molecule has 0 aliphatic carbocycles. The van der Waals surface area contributed by atoms with Gasteiger partial charge in [0.1, 0.15) is 0 Å². The second-order valence-electron chi connectivity index (χ2n) is 3.45. The Morgan fingerprint density at radius 3 is 2.56 bits per heavy atom. The van der Waals surface area contributed by atoms with Crippen molar-refractivity contribution in [2.75, 3.05) is 26.2 Å². The zero-order valence-corrected chi connectivity index (χ0v) is 9.28. The van der Waals surface area contributed by atoms with Crippen LogP contribution in [0, 0.1) is 0 Å². The number of hydrogen-bond donors (Lipinski definition) is 3. The summed E-state index contributed by atoms with van der Waals surface area (Å²) >= 11 is 0. The van der Waals surface area contributed by atoms with Gasteiger partial charge in [-0.1, -0.05) is 18.2 Å². The van der Waals surface area contributed by atoms with Crippen molar-refractivity contribution in [3.8, 4) is 0 Å². The van der Waals surface area contributed by atoms with Crippen LogP contribution in [-0.4, -0.2) is 37.3 Å². The zero-order chi connectivity index (χ0) is 11.6. The average Bonchev–Trinajstić information content (AvgIpc) is 2.34. The fourth-order valence-corrected chi connectivity index (χ4v) is 1.31. The molecule has 0 heterocycles. The molecule has 0 aliphatic heterocycles. The second kappa shape index (κ2) is 7.84. The maximum absolute atomic E-state index is 11.6. The fourth-order valence-electron chi connectivity index (χ4n) is 1.31. The Hall–Kier alpha value is -1.39. The first-order valence-corrected chi connectivity index (χ1v) is 5.49. The maximum Gasteiger partial charge on any atom is 0.251 e. The molecule has 0 atom stereocenters. The van der Waals surface area contributed by atoms with Gasteiger partial charge in [0.25, 0.3) is 5.91 Å². The number of hydrogen-bond acceptors (Lipinski definition) is 3. The van der Waals surface area contributed by atoms with Crippen LogP contribution in [0.3, 0.4) is 0 Å². The third-order valence-electron chi connectivity index (χ3n) is 2.14. The van der Waals surface area contributed by atoms with Crippen molar-refractivity contribution in [3.63, 3.8) is 0 Å². The summed E-state index contributed by atoms with van der Waals surface area (Å²) in [5.41, 5.74) is 0.686. The normalized spacial score (nSPS) is 10.1. The van der Waals surface area contributed by atoms with Crippen molar-refractivity contribution in [3.05, 3.63) is 35.9 Å². The number of benzene rings is 1. The first kappa shape index (κ1) is 12.7. The van der Waals surface area contributed by atoms with E-state index in [0.717, 1.165) is 13.0 Å². The van der Waals surface area contributed by atoms with E-state index in [1.807, 2.05) is 18.2 Å². The van der Waals surface area contributed by atoms with Crippen molar-refractivity contribution in [1.29, 1.82) is 0 Å². The van der Waals surface area contributed by atoms with Crippen LogP contribution < -0.4 is 10.6 Å². The molecular weight excluding hydrogens is 204 g/mol. The predicted molar refractivity (Wildman–Crippen MR) is 63.3 cm³/mol. The highest BCUT2D eigenvalue weighted by atomic mass is 16.3. The molecule has 1 aromatic carbocycles. The minimum atomic E-state index is -0.0391. The molecule has 0 fully saturated rings. The molecule has 0 saturated heterocycles. The minimum Gasteiger partial charge on any atom is -0.395 e. The molecule has 0 radical (unpaired) electrons. The summed E-state index contributed by atoms with van der Waals surface area (Å²) in [5.74, 6) is -0.0391. The van der Waals surface area contributed by atoms with Gasteiger partial charge in [-0.3, -0.25) is 4.79 Å². The number of rotatable bonds is 7. The van der Waals surface area contributed by atoms with Crippen molar-refractivity contribution in [1.82, 2.24) is 10.6 Å². The van der Waals surface area contributed by atoms with Crippen molar-refractivity contribution < 1.29 is 9.90 Å². The van der Waals surface area contributed by atoms with Gasteiger partial charge in [0.05, 0.1) is 6.61 Å². The van der Waals surface area contributed by atoms with Gasteiger partial charge in [-0.15, -0.1) is 0 Å². The average molecular weight is 222 g/mol. The predicted octanol–water partition coefficient (Wildman–Crippen LogP) is 0.388. The second-order valence-corrected chi connectivity index (χ2v) is 3.45. The van der Waals surface area contributed by atoms with Crippen LogP contribution in [0.15, 0.2) is 30.3 Å². The van der Waals surface area contributed by atoms with E-state index in [4.69, 9.17) is 5.11 Å². The van der Waals surface area contributed by atoms with Crippen molar-refractivity contribution >= 4 is 5.91 Å². The monoisotopic (exact) mass is 222 g/mol. The van der Waals surface area contributed by atoms with E-state index in [1.165, 1.54) is 0 Å². The van der Waals surface area contributed by atoms with E-state index in [2.05, 4.69) is 10.6 Å². The molecule has 0 aromatic heterocycles. The van der Waals surface area contributed by atoms with E-state index in [1.54, 1.807) is 12.1 Å². The number of nitrogens with one attached hydrogen (secondary N) is 2. The van der Waals surface area contributed by atoms with E-state index >= 15 is 0 Å². The van der Waals surface area contributed by atoms with Gasteiger partial charge >= 0.3 is 0 Å². The summed E-state index contributed by atoms with van der Waals surface area (Å²) in [6.07, 6.45) is 0.860. The third-order valence-corrected chi connectivity index (χ3v) is 2.14. The molecule has 4 nitrogen and oxygen atoms in total. The molecule has 0 bridgehead atoms. The molecule has 16 heavy (non-hydrogen) atoms. The van der Waals surface area contributed by atoms with Crippen LogP contribution in [0.2, 0.25) is 0 Å². The zero-order valence-electron chi connectivity index (χ0n) is 9.28. The quantitative estimate of drug-likeness (QED) is 0.585. The van der Waals surface area contributed by atoms with Crippen LogP contribution in [0.4, 0.5) is 0 Å². The molecule has 1 aromatic rings. The Morgan fingerprint density at radius 1 is 1.12 bits per heavy atom. The van der Waals surface area contributed by atoms with Gasteiger partial charge in [0.15, 0.2) is 0 Å². The molecule has 1 amide bonds. The van der Waals surface area contributed by atoms with Gasteiger partial charge in [-0.2, -0.15) is 0 Å². The molecule has 0 unspecified atom stereocenters. The third kappa shape index (κ3) is 4.91. The van der Waals surface area contributed by atoms with E-state index in [9.17, 15) is 4.79 Å². The SMILES string of the molecule is O=C(NCCCNCCO)c1ccccc1. The van der Waals surface area contributed by atoms with Gasteiger partial charge in [-0.05, 0) is 25.1 Å². The highest BCUT2D eigenvalue weighted by molar-refractivity contribution is 5.94. The Labute approximate surface area is 95.7 Å². The standard InChI is InChI=1S/C12H18N2O2/c15-10-9-13-7-4-8-14-12(16)11-5-2-1-3-6-11/h1-3,5-6,13,15H,4,7-10H2,(H,14,16). The summed E-state index contributed by atoms with van der Waals surface area (Å²) in [5, 5.41) is 14.4. The van der Waals surface area contributed by atoms with Gasteiger partial charge in [0, 0.05) is 18.7 Å². The van der Waals surface area contributed by atoms with Gasteiger partial charge < -0.3 is 15.7 Å². The first-order chi connectivity index (χ1) is 7.84. The summed E-state index contributed by atoms with van der Waals surface area (Å²) in [6.45, 7) is 2.20. The van der Waals surface area contributed by atoms with Crippen molar-refractivity contribution in [2.24, 2.45) is 0 Å². The summed E-state index contributed by atoms with van der Waals surface area (Å²) < 4.78 is 0. The minimum absolute atomic E-state index is 0.0391. The van der Waals surface area contributed by atoms with Crippen LogP contribution in [0.5, 0.6) is 0 Å². The maximum atomic E-state index is 11.6. The van der Waals surface area contributed by atoms with E-state index in [-0.39, 0.29) is 12.5 Å².